The molecular weight excluding hydrogens is 258 g/mol. The van der Waals surface area contributed by atoms with Crippen LogP contribution in [0.25, 0.3) is 0 Å². The lowest BCUT2D eigenvalue weighted by molar-refractivity contribution is 0.295. The second kappa shape index (κ2) is 6.87. The Morgan fingerprint density at radius 1 is 1.20 bits per heavy atom. The quantitative estimate of drug-likeness (QED) is 0.697. The molecule has 110 valence electrons. The smallest absolute Gasteiger partial charge is 0.200 e. The average Bonchev–Trinajstić information content (AvgIpc) is 2.49. The first-order valence-electron chi connectivity index (χ1n) is 7.29. The van der Waals surface area contributed by atoms with Gasteiger partial charge in [-0.2, -0.15) is 4.39 Å². The van der Waals surface area contributed by atoms with Gasteiger partial charge in [-0.3, -0.25) is 0 Å². The Morgan fingerprint density at radius 2 is 1.90 bits per heavy atom. The van der Waals surface area contributed by atoms with E-state index in [-0.39, 0.29) is 5.75 Å². The third kappa shape index (κ3) is 3.38. The monoisotopic (exact) mass is 280 g/mol. The minimum atomic E-state index is -0.875. The molecular formula is C17H22F2O. The molecule has 1 nitrogen and oxygen atoms in total. The zero-order valence-corrected chi connectivity index (χ0v) is 12.0. The van der Waals surface area contributed by atoms with Gasteiger partial charge >= 0.3 is 0 Å². The molecule has 0 heterocycles. The number of aryl methyl sites for hydroxylation is 1. The highest BCUT2D eigenvalue weighted by Crippen LogP contribution is 2.32. The number of halogens is 2. The standard InChI is InChI=1S/C17H22F2O/c1-3-12-4-6-13(7-5-12)8-9-14-10-11-15(20-2)17(19)16(14)18/h3,10-13H,1,4-9H2,2H3. The van der Waals surface area contributed by atoms with Crippen LogP contribution in [0.3, 0.4) is 0 Å². The van der Waals surface area contributed by atoms with Crippen molar-refractivity contribution in [2.45, 2.75) is 38.5 Å². The molecule has 0 amide bonds. The summed E-state index contributed by atoms with van der Waals surface area (Å²) < 4.78 is 32.2. The maximum atomic E-state index is 13.9. The molecule has 0 N–H and O–H groups in total. The molecule has 0 saturated heterocycles. The predicted octanol–water partition coefficient (Wildman–Crippen LogP) is 4.90. The van der Waals surface area contributed by atoms with Crippen LogP contribution in [0.15, 0.2) is 24.8 Å². The molecule has 1 aliphatic rings. The lowest BCUT2D eigenvalue weighted by Gasteiger charge is -2.26. The first-order valence-corrected chi connectivity index (χ1v) is 7.29. The first-order chi connectivity index (χ1) is 9.65. The minimum Gasteiger partial charge on any atom is -0.494 e. The molecule has 1 saturated carbocycles. The number of methoxy groups -OCH3 is 1. The summed E-state index contributed by atoms with van der Waals surface area (Å²) in [6.07, 6.45) is 8.23. The molecule has 0 spiro atoms. The molecule has 1 fully saturated rings. The average molecular weight is 280 g/mol. The second-order valence-electron chi connectivity index (χ2n) is 5.61. The van der Waals surface area contributed by atoms with Gasteiger partial charge in [-0.1, -0.05) is 12.1 Å². The summed E-state index contributed by atoms with van der Waals surface area (Å²) in [5.74, 6) is -0.403. The fourth-order valence-electron chi connectivity index (χ4n) is 2.99. The maximum absolute atomic E-state index is 13.9. The molecule has 0 bridgehead atoms. The second-order valence-corrected chi connectivity index (χ2v) is 5.61. The topological polar surface area (TPSA) is 9.23 Å². The van der Waals surface area contributed by atoms with Crippen LogP contribution >= 0.6 is 0 Å². The van der Waals surface area contributed by atoms with Crippen LogP contribution in [-0.4, -0.2) is 7.11 Å². The van der Waals surface area contributed by atoms with Gasteiger partial charge in [0, 0.05) is 0 Å². The molecule has 0 aliphatic heterocycles. The van der Waals surface area contributed by atoms with Crippen molar-refractivity contribution in [1.29, 1.82) is 0 Å². The lowest BCUT2D eigenvalue weighted by atomic mass is 9.79. The normalized spacial score (nSPS) is 22.6. The molecule has 2 rings (SSSR count). The SMILES string of the molecule is C=CC1CCC(CCc2ccc(OC)c(F)c2F)CC1. The predicted molar refractivity (Wildman–Crippen MR) is 76.9 cm³/mol. The van der Waals surface area contributed by atoms with Crippen LogP contribution in [0, 0.1) is 23.5 Å². The van der Waals surface area contributed by atoms with Crippen molar-refractivity contribution in [1.82, 2.24) is 0 Å². The van der Waals surface area contributed by atoms with E-state index in [1.54, 1.807) is 6.07 Å². The van der Waals surface area contributed by atoms with Crippen LogP contribution in [0.1, 0.15) is 37.7 Å². The summed E-state index contributed by atoms with van der Waals surface area (Å²) in [5, 5.41) is 0. The Hall–Kier alpha value is -1.38. The minimum absolute atomic E-state index is 0.0299. The van der Waals surface area contributed by atoms with Gasteiger partial charge in [0.2, 0.25) is 5.82 Å². The molecule has 0 atom stereocenters. The van der Waals surface area contributed by atoms with E-state index >= 15 is 0 Å². The van der Waals surface area contributed by atoms with Gasteiger partial charge in [0.05, 0.1) is 7.11 Å². The summed E-state index contributed by atoms with van der Waals surface area (Å²) in [6, 6.07) is 3.13. The van der Waals surface area contributed by atoms with Gasteiger partial charge in [-0.25, -0.2) is 4.39 Å². The van der Waals surface area contributed by atoms with E-state index in [0.717, 1.165) is 19.3 Å². The first kappa shape index (κ1) is 15.0. The molecule has 1 aliphatic carbocycles. The third-order valence-corrected chi connectivity index (χ3v) is 4.39. The van der Waals surface area contributed by atoms with Gasteiger partial charge in [0.15, 0.2) is 11.6 Å². The van der Waals surface area contributed by atoms with Crippen LogP contribution in [0.4, 0.5) is 8.78 Å². The van der Waals surface area contributed by atoms with E-state index in [4.69, 9.17) is 4.74 Å². The number of hydrogen-bond acceptors (Lipinski definition) is 1. The molecule has 0 unspecified atom stereocenters. The number of benzene rings is 1. The van der Waals surface area contributed by atoms with Crippen LogP contribution in [-0.2, 0) is 6.42 Å². The number of hydrogen-bond donors (Lipinski definition) is 0. The van der Waals surface area contributed by atoms with E-state index in [9.17, 15) is 8.78 Å². The fraction of sp³-hybridized carbons (Fsp3) is 0.529. The van der Waals surface area contributed by atoms with Crippen LogP contribution in [0.5, 0.6) is 5.75 Å². The molecule has 0 radical (unpaired) electrons. The Bertz CT molecular complexity index is 462. The molecule has 0 aromatic heterocycles. The van der Waals surface area contributed by atoms with Crippen molar-refractivity contribution in [3.8, 4) is 5.75 Å². The van der Waals surface area contributed by atoms with E-state index < -0.39 is 11.6 Å². The van der Waals surface area contributed by atoms with Crippen molar-refractivity contribution < 1.29 is 13.5 Å². The van der Waals surface area contributed by atoms with E-state index in [1.165, 1.54) is 26.0 Å². The maximum Gasteiger partial charge on any atom is 0.200 e. The molecule has 20 heavy (non-hydrogen) atoms. The molecule has 3 heteroatoms. The summed E-state index contributed by atoms with van der Waals surface area (Å²) in [4.78, 5) is 0. The van der Waals surface area contributed by atoms with Crippen LogP contribution < -0.4 is 4.74 Å². The van der Waals surface area contributed by atoms with Gasteiger partial charge in [0.1, 0.15) is 0 Å². The van der Waals surface area contributed by atoms with Gasteiger partial charge in [-0.15, -0.1) is 6.58 Å². The Kier molecular flexibility index (Phi) is 5.16. The third-order valence-electron chi connectivity index (χ3n) is 4.39. The van der Waals surface area contributed by atoms with E-state index in [0.29, 0.717) is 23.8 Å². The Morgan fingerprint density at radius 3 is 2.50 bits per heavy atom. The van der Waals surface area contributed by atoms with Crippen molar-refractivity contribution in [3.63, 3.8) is 0 Å². The molecule has 1 aromatic rings. The summed E-state index contributed by atoms with van der Waals surface area (Å²) >= 11 is 0. The van der Waals surface area contributed by atoms with Crippen molar-refractivity contribution in [2.24, 2.45) is 11.8 Å². The zero-order valence-electron chi connectivity index (χ0n) is 12.0. The van der Waals surface area contributed by atoms with Gasteiger partial charge in [0.25, 0.3) is 0 Å². The highest BCUT2D eigenvalue weighted by Gasteiger charge is 2.20. The summed E-state index contributed by atoms with van der Waals surface area (Å²) in [5.41, 5.74) is 0.453. The lowest BCUT2D eigenvalue weighted by Crippen LogP contribution is -2.14. The van der Waals surface area contributed by atoms with Crippen molar-refractivity contribution in [2.75, 3.05) is 7.11 Å². The number of ether oxygens (including phenoxy) is 1. The molecule has 1 aromatic carbocycles. The van der Waals surface area contributed by atoms with Crippen LogP contribution in [0.2, 0.25) is 0 Å². The largest absolute Gasteiger partial charge is 0.494 e. The van der Waals surface area contributed by atoms with Crippen molar-refractivity contribution in [3.05, 3.63) is 42.0 Å². The number of allylic oxidation sites excluding steroid dienone is 1. The fourth-order valence-corrected chi connectivity index (χ4v) is 2.99. The van der Waals surface area contributed by atoms with E-state index in [2.05, 4.69) is 6.58 Å². The Balaban J connectivity index is 1.91. The highest BCUT2D eigenvalue weighted by atomic mass is 19.2. The summed E-state index contributed by atoms with van der Waals surface area (Å²) in [6.45, 7) is 3.84. The van der Waals surface area contributed by atoms with Gasteiger partial charge in [-0.05, 0) is 62.0 Å². The Labute approximate surface area is 119 Å². The number of rotatable bonds is 5. The van der Waals surface area contributed by atoms with Gasteiger partial charge < -0.3 is 4.74 Å². The van der Waals surface area contributed by atoms with E-state index in [1.807, 2.05) is 6.08 Å². The highest BCUT2D eigenvalue weighted by molar-refractivity contribution is 5.31. The van der Waals surface area contributed by atoms with Crippen molar-refractivity contribution >= 4 is 0 Å². The zero-order chi connectivity index (χ0) is 14.5. The summed E-state index contributed by atoms with van der Waals surface area (Å²) in [7, 11) is 1.34.